The number of nitrogens with zero attached hydrogens (tertiary/aromatic N) is 1. The number of carbonyl (C=O) groups is 2. The molecule has 0 aromatic carbocycles. The highest BCUT2D eigenvalue weighted by Crippen LogP contribution is 2.25. The van der Waals surface area contributed by atoms with Crippen molar-refractivity contribution < 1.29 is 23.8 Å². The molecule has 3 N–H and O–H groups in total. The van der Waals surface area contributed by atoms with E-state index in [1.807, 2.05) is 39.5 Å². The number of carbonyl (C=O) groups excluding carboxylic acids is 2. The van der Waals surface area contributed by atoms with Crippen LogP contribution in [-0.4, -0.2) is 67.7 Å². The van der Waals surface area contributed by atoms with E-state index in [1.54, 1.807) is 0 Å². The Hall–Kier alpha value is -1.38. The third-order valence-electron chi connectivity index (χ3n) is 5.52. The molecule has 0 saturated heterocycles. The fraction of sp³-hybridized carbons (Fsp3) is 0.917. The Kier molecular flexibility index (Phi) is 13.8. The van der Waals surface area contributed by atoms with Gasteiger partial charge in [0.05, 0.1) is 12.6 Å². The first-order valence-electron chi connectivity index (χ1n) is 12.4. The van der Waals surface area contributed by atoms with E-state index < -0.39 is 24.0 Å². The second kappa shape index (κ2) is 15.5. The van der Waals surface area contributed by atoms with Crippen molar-refractivity contribution in [3.05, 3.63) is 0 Å². The number of ether oxygens (including phenoxy) is 3. The lowest BCUT2D eigenvalue weighted by Crippen LogP contribution is -2.49. The first-order chi connectivity index (χ1) is 15.2. The van der Waals surface area contributed by atoms with Crippen LogP contribution in [0.1, 0.15) is 86.0 Å². The van der Waals surface area contributed by atoms with Crippen LogP contribution in [0.2, 0.25) is 0 Å². The molecule has 0 aromatic rings. The van der Waals surface area contributed by atoms with Crippen molar-refractivity contribution in [3.63, 3.8) is 0 Å². The summed E-state index contributed by atoms with van der Waals surface area (Å²) in [6.07, 6.45) is 7.26. The Morgan fingerprint density at radius 1 is 1.06 bits per heavy atom. The first-order valence-corrected chi connectivity index (χ1v) is 12.4. The second-order valence-corrected chi connectivity index (χ2v) is 9.62. The van der Waals surface area contributed by atoms with Crippen molar-refractivity contribution in [2.45, 2.75) is 104 Å². The van der Waals surface area contributed by atoms with Crippen LogP contribution in [0.15, 0.2) is 0 Å². The van der Waals surface area contributed by atoms with Gasteiger partial charge < -0.3 is 30.2 Å². The lowest BCUT2D eigenvalue weighted by Gasteiger charge is -2.33. The number of unbranched alkanes of at least 4 members (excludes halogenated alkanes) is 1. The minimum atomic E-state index is -0.566. The van der Waals surface area contributed by atoms with Gasteiger partial charge in [-0.15, -0.1) is 0 Å². The summed E-state index contributed by atoms with van der Waals surface area (Å²) < 4.78 is 16.6. The molecule has 1 atom stereocenters. The summed E-state index contributed by atoms with van der Waals surface area (Å²) in [4.78, 5) is 26.8. The zero-order valence-corrected chi connectivity index (χ0v) is 21.0. The van der Waals surface area contributed by atoms with Crippen LogP contribution in [0.3, 0.4) is 0 Å². The monoisotopic (exact) mass is 457 g/mol. The van der Waals surface area contributed by atoms with Crippen LogP contribution in [0.4, 0.5) is 4.79 Å². The summed E-state index contributed by atoms with van der Waals surface area (Å²) >= 11 is 0. The molecule has 0 radical (unpaired) electrons. The Morgan fingerprint density at radius 3 is 2.25 bits per heavy atom. The zero-order chi connectivity index (χ0) is 24.0. The Labute approximate surface area is 194 Å². The van der Waals surface area contributed by atoms with Crippen molar-refractivity contribution >= 4 is 12.0 Å². The average molecular weight is 458 g/mol. The third-order valence-corrected chi connectivity index (χ3v) is 5.52. The molecule has 8 heteroatoms. The quantitative estimate of drug-likeness (QED) is 0.304. The number of nitrogens with one attached hydrogen (secondary N) is 1. The van der Waals surface area contributed by atoms with E-state index in [1.165, 1.54) is 19.3 Å². The number of hydrogen-bond acceptors (Lipinski definition) is 6. The van der Waals surface area contributed by atoms with Crippen molar-refractivity contribution in [1.29, 1.82) is 0 Å². The zero-order valence-electron chi connectivity index (χ0n) is 21.0. The van der Waals surface area contributed by atoms with E-state index in [0.717, 1.165) is 25.7 Å². The fourth-order valence-corrected chi connectivity index (χ4v) is 3.99. The Bertz CT molecular complexity index is 526. The summed E-state index contributed by atoms with van der Waals surface area (Å²) in [5, 5.41) is 2.74. The fourth-order valence-electron chi connectivity index (χ4n) is 3.99. The minimum absolute atomic E-state index is 0.0416. The van der Waals surface area contributed by atoms with Crippen molar-refractivity contribution in [1.82, 2.24) is 10.2 Å². The Morgan fingerprint density at radius 2 is 1.69 bits per heavy atom. The molecule has 1 aliphatic rings. The molecule has 0 aliphatic heterocycles. The first kappa shape index (κ1) is 28.7. The van der Waals surface area contributed by atoms with E-state index >= 15 is 0 Å². The molecular formula is C24H47N3O5. The summed E-state index contributed by atoms with van der Waals surface area (Å²) in [6.45, 7) is 12.0. The van der Waals surface area contributed by atoms with Crippen LogP contribution in [0, 0.1) is 5.92 Å². The molecule has 1 fully saturated rings. The van der Waals surface area contributed by atoms with Crippen LogP contribution in [0.5, 0.6) is 0 Å². The molecule has 32 heavy (non-hydrogen) atoms. The van der Waals surface area contributed by atoms with Gasteiger partial charge in [0.25, 0.3) is 0 Å². The molecular weight excluding hydrogens is 410 g/mol. The molecule has 1 aliphatic carbocycles. The van der Waals surface area contributed by atoms with Crippen molar-refractivity contribution in [2.24, 2.45) is 11.7 Å². The topological polar surface area (TPSA) is 103 Å². The highest BCUT2D eigenvalue weighted by atomic mass is 16.7. The summed E-state index contributed by atoms with van der Waals surface area (Å²) in [5.41, 5.74) is 5.77. The normalized spacial score (nSPS) is 16.1. The van der Waals surface area contributed by atoms with Crippen LogP contribution in [0.25, 0.3) is 0 Å². The second-order valence-electron chi connectivity index (χ2n) is 9.62. The van der Waals surface area contributed by atoms with Crippen LogP contribution in [-0.2, 0) is 19.0 Å². The van der Waals surface area contributed by atoms with E-state index in [9.17, 15) is 9.59 Å². The SMILES string of the molecule is CCOC(CN(CC1CCCCC1)C(=O)[C@@H](N)CCCCNC(=O)OC(C)(C)C)OCC. The molecule has 188 valence electrons. The standard InChI is InChI=1S/C24H47N3O5/c1-6-30-21(31-7-2)18-27(17-19-13-9-8-10-14-19)22(28)20(25)15-11-12-16-26-23(29)32-24(3,4)5/h19-21H,6-18,25H2,1-5H3,(H,26,29)/t20-/m0/s1. The molecule has 1 rings (SSSR count). The minimum Gasteiger partial charge on any atom is -0.444 e. The van der Waals surface area contributed by atoms with Gasteiger partial charge in [0.15, 0.2) is 6.29 Å². The highest BCUT2D eigenvalue weighted by Gasteiger charge is 2.27. The molecule has 1 saturated carbocycles. The van der Waals surface area contributed by atoms with Crippen LogP contribution >= 0.6 is 0 Å². The molecule has 2 amide bonds. The lowest BCUT2D eigenvalue weighted by molar-refractivity contribution is -0.160. The number of amides is 2. The summed E-state index contributed by atoms with van der Waals surface area (Å²) in [6, 6.07) is -0.566. The lowest BCUT2D eigenvalue weighted by atomic mass is 9.88. The average Bonchev–Trinajstić information content (AvgIpc) is 2.72. The number of rotatable bonds is 14. The largest absolute Gasteiger partial charge is 0.444 e. The Balaban J connectivity index is 2.53. The maximum absolute atomic E-state index is 13.2. The van der Waals surface area contributed by atoms with Gasteiger partial charge in [-0.3, -0.25) is 4.79 Å². The van der Waals surface area contributed by atoms with Crippen molar-refractivity contribution in [2.75, 3.05) is 32.8 Å². The summed E-state index contributed by atoms with van der Waals surface area (Å²) in [7, 11) is 0. The number of nitrogens with two attached hydrogens (primary N) is 1. The number of alkyl carbamates (subject to hydrolysis) is 1. The van der Waals surface area contributed by atoms with E-state index in [4.69, 9.17) is 19.9 Å². The van der Waals surface area contributed by atoms with Crippen LogP contribution < -0.4 is 11.1 Å². The molecule has 0 spiro atoms. The maximum atomic E-state index is 13.2. The van der Waals surface area contributed by atoms with Gasteiger partial charge in [0, 0.05) is 26.3 Å². The smallest absolute Gasteiger partial charge is 0.407 e. The maximum Gasteiger partial charge on any atom is 0.407 e. The predicted octanol–water partition coefficient (Wildman–Crippen LogP) is 3.82. The summed E-state index contributed by atoms with van der Waals surface area (Å²) in [5.74, 6) is 0.474. The van der Waals surface area contributed by atoms with Gasteiger partial charge in [-0.05, 0) is 72.6 Å². The van der Waals surface area contributed by atoms with E-state index in [0.29, 0.717) is 45.2 Å². The van der Waals surface area contributed by atoms with Crippen molar-refractivity contribution in [3.8, 4) is 0 Å². The van der Waals surface area contributed by atoms with Gasteiger partial charge in [0.2, 0.25) is 5.91 Å². The molecule has 8 nitrogen and oxygen atoms in total. The number of hydrogen-bond donors (Lipinski definition) is 2. The van der Waals surface area contributed by atoms with Gasteiger partial charge >= 0.3 is 6.09 Å². The van der Waals surface area contributed by atoms with Gasteiger partial charge in [-0.2, -0.15) is 0 Å². The predicted molar refractivity (Wildman–Crippen MR) is 126 cm³/mol. The molecule has 0 unspecified atom stereocenters. The molecule has 0 aromatic heterocycles. The molecule has 0 bridgehead atoms. The van der Waals surface area contributed by atoms with Gasteiger partial charge in [-0.1, -0.05) is 19.3 Å². The third kappa shape index (κ3) is 12.6. The van der Waals surface area contributed by atoms with E-state index in [-0.39, 0.29) is 5.91 Å². The van der Waals surface area contributed by atoms with Gasteiger partial charge in [0.1, 0.15) is 5.60 Å². The highest BCUT2D eigenvalue weighted by molar-refractivity contribution is 5.81. The van der Waals surface area contributed by atoms with Gasteiger partial charge in [-0.25, -0.2) is 4.79 Å². The molecule has 0 heterocycles. The van der Waals surface area contributed by atoms with E-state index in [2.05, 4.69) is 5.32 Å².